The predicted molar refractivity (Wildman–Crippen MR) is 94.0 cm³/mol. The molecule has 1 nitrogen and oxygen atoms in total. The van der Waals surface area contributed by atoms with Crippen molar-refractivity contribution in [3.8, 4) is 0 Å². The van der Waals surface area contributed by atoms with Crippen molar-refractivity contribution in [3.63, 3.8) is 0 Å². The highest BCUT2D eigenvalue weighted by molar-refractivity contribution is 7.99. The Morgan fingerprint density at radius 3 is 2.67 bits per heavy atom. The summed E-state index contributed by atoms with van der Waals surface area (Å²) in [6.45, 7) is 3.47. The van der Waals surface area contributed by atoms with Crippen LogP contribution < -0.4 is 5.32 Å². The number of hydrogen-bond acceptors (Lipinski definition) is 2. The second-order valence-corrected chi connectivity index (χ2v) is 7.99. The molecule has 0 radical (unpaired) electrons. The normalized spacial score (nSPS) is 27.5. The number of rotatable bonds is 7. The lowest BCUT2D eigenvalue weighted by Gasteiger charge is -2.27. The molecule has 0 amide bonds. The molecule has 1 aliphatic heterocycles. The van der Waals surface area contributed by atoms with E-state index in [1.807, 2.05) is 0 Å². The largest absolute Gasteiger partial charge is 0.314 e. The second kappa shape index (κ2) is 7.69. The molecule has 2 aliphatic rings. The summed E-state index contributed by atoms with van der Waals surface area (Å²) >= 11 is 2.14. The highest BCUT2D eigenvalue weighted by Gasteiger charge is 2.43. The molecule has 1 N–H and O–H groups in total. The van der Waals surface area contributed by atoms with Gasteiger partial charge < -0.3 is 5.32 Å². The van der Waals surface area contributed by atoms with Gasteiger partial charge >= 0.3 is 0 Å². The van der Waals surface area contributed by atoms with Crippen LogP contribution in [0.25, 0.3) is 0 Å². The van der Waals surface area contributed by atoms with Gasteiger partial charge in [-0.2, -0.15) is 11.8 Å². The van der Waals surface area contributed by atoms with Crippen molar-refractivity contribution < 1.29 is 0 Å². The molecule has 3 rings (SSSR count). The molecule has 116 valence electrons. The number of hydrogen-bond donors (Lipinski definition) is 1. The molecule has 0 bridgehead atoms. The number of benzene rings is 1. The summed E-state index contributed by atoms with van der Waals surface area (Å²) in [5.41, 5.74) is 1.56. The average molecular weight is 304 g/mol. The van der Waals surface area contributed by atoms with E-state index in [1.54, 1.807) is 5.56 Å². The molecule has 1 saturated carbocycles. The van der Waals surface area contributed by atoms with Crippen LogP contribution in [-0.2, 0) is 0 Å². The Bertz CT molecular complexity index is 413. The van der Waals surface area contributed by atoms with Crippen molar-refractivity contribution in [2.75, 3.05) is 18.1 Å². The van der Waals surface area contributed by atoms with Crippen LogP contribution in [0.1, 0.15) is 50.5 Å². The average Bonchev–Trinajstić information content (AvgIpc) is 3.34. The first-order chi connectivity index (χ1) is 10.4. The molecule has 1 aliphatic carbocycles. The SMILES string of the molecule is CCCNC(CC1CCSCC1)C1CC1c1ccccc1. The van der Waals surface area contributed by atoms with Gasteiger partial charge in [0.15, 0.2) is 0 Å². The summed E-state index contributed by atoms with van der Waals surface area (Å²) in [5, 5.41) is 3.87. The third-order valence-electron chi connectivity index (χ3n) is 5.17. The van der Waals surface area contributed by atoms with Gasteiger partial charge in [0.25, 0.3) is 0 Å². The van der Waals surface area contributed by atoms with E-state index < -0.39 is 0 Å². The van der Waals surface area contributed by atoms with Crippen molar-refractivity contribution in [3.05, 3.63) is 35.9 Å². The molecule has 1 aromatic carbocycles. The minimum Gasteiger partial charge on any atom is -0.314 e. The first-order valence-corrected chi connectivity index (χ1v) is 9.90. The monoisotopic (exact) mass is 303 g/mol. The first-order valence-electron chi connectivity index (χ1n) is 8.74. The maximum atomic E-state index is 3.87. The lowest BCUT2D eigenvalue weighted by molar-refractivity contribution is 0.336. The summed E-state index contributed by atoms with van der Waals surface area (Å²) in [6.07, 6.45) is 6.94. The summed E-state index contributed by atoms with van der Waals surface area (Å²) in [6, 6.07) is 11.9. The predicted octanol–water partition coefficient (Wildman–Crippen LogP) is 4.69. The van der Waals surface area contributed by atoms with Crippen LogP contribution in [0.2, 0.25) is 0 Å². The van der Waals surface area contributed by atoms with Crippen LogP contribution in [0.4, 0.5) is 0 Å². The quantitative estimate of drug-likeness (QED) is 0.784. The van der Waals surface area contributed by atoms with Gasteiger partial charge in [-0.05, 0) is 73.5 Å². The van der Waals surface area contributed by atoms with Gasteiger partial charge in [-0.3, -0.25) is 0 Å². The summed E-state index contributed by atoms with van der Waals surface area (Å²) in [7, 11) is 0. The Morgan fingerprint density at radius 1 is 1.19 bits per heavy atom. The molecule has 1 aromatic rings. The zero-order valence-electron chi connectivity index (χ0n) is 13.3. The summed E-state index contributed by atoms with van der Waals surface area (Å²) < 4.78 is 0. The van der Waals surface area contributed by atoms with Gasteiger partial charge in [0.2, 0.25) is 0 Å². The number of thioether (sulfide) groups is 1. The van der Waals surface area contributed by atoms with E-state index in [9.17, 15) is 0 Å². The molecule has 0 spiro atoms. The summed E-state index contributed by atoms with van der Waals surface area (Å²) in [4.78, 5) is 0. The molecule has 21 heavy (non-hydrogen) atoms. The zero-order valence-corrected chi connectivity index (χ0v) is 14.1. The molecule has 1 heterocycles. The number of nitrogens with one attached hydrogen (secondary N) is 1. The fourth-order valence-corrected chi connectivity index (χ4v) is 5.03. The van der Waals surface area contributed by atoms with E-state index in [-0.39, 0.29) is 0 Å². The van der Waals surface area contributed by atoms with Crippen LogP contribution in [0.5, 0.6) is 0 Å². The van der Waals surface area contributed by atoms with Crippen LogP contribution >= 0.6 is 11.8 Å². The molecule has 3 unspecified atom stereocenters. The molecular formula is C19H29NS. The van der Waals surface area contributed by atoms with E-state index in [4.69, 9.17) is 0 Å². The van der Waals surface area contributed by atoms with Gasteiger partial charge in [0.05, 0.1) is 0 Å². The Kier molecular flexibility index (Phi) is 5.65. The van der Waals surface area contributed by atoms with Crippen molar-refractivity contribution >= 4 is 11.8 Å². The molecule has 2 fully saturated rings. The second-order valence-electron chi connectivity index (χ2n) is 6.77. The Morgan fingerprint density at radius 2 is 1.95 bits per heavy atom. The Hall–Kier alpha value is -0.470. The molecule has 1 saturated heterocycles. The maximum Gasteiger partial charge on any atom is 0.0104 e. The minimum absolute atomic E-state index is 0.753. The Labute approximate surface area is 134 Å². The molecule has 0 aromatic heterocycles. The smallest absolute Gasteiger partial charge is 0.0104 e. The maximum absolute atomic E-state index is 3.87. The van der Waals surface area contributed by atoms with E-state index in [0.29, 0.717) is 0 Å². The van der Waals surface area contributed by atoms with Crippen LogP contribution in [0.3, 0.4) is 0 Å². The van der Waals surface area contributed by atoms with Gasteiger partial charge in [0, 0.05) is 6.04 Å². The fraction of sp³-hybridized carbons (Fsp3) is 0.684. The van der Waals surface area contributed by atoms with E-state index in [1.165, 1.54) is 50.2 Å². The third kappa shape index (κ3) is 4.26. The van der Waals surface area contributed by atoms with E-state index >= 15 is 0 Å². The molecular weight excluding hydrogens is 274 g/mol. The van der Waals surface area contributed by atoms with Gasteiger partial charge in [-0.25, -0.2) is 0 Å². The highest BCUT2D eigenvalue weighted by atomic mass is 32.2. The van der Waals surface area contributed by atoms with Crippen molar-refractivity contribution in [2.24, 2.45) is 11.8 Å². The van der Waals surface area contributed by atoms with E-state index in [0.717, 1.165) is 23.8 Å². The Balaban J connectivity index is 1.57. The zero-order chi connectivity index (χ0) is 14.5. The van der Waals surface area contributed by atoms with Crippen LogP contribution in [0, 0.1) is 11.8 Å². The van der Waals surface area contributed by atoms with Gasteiger partial charge in [-0.1, -0.05) is 37.3 Å². The lowest BCUT2D eigenvalue weighted by atomic mass is 9.91. The molecule has 2 heteroatoms. The standard InChI is InChI=1S/C19H29NS/c1-2-10-20-19(13-15-8-11-21-12-9-15)18-14-17(18)16-6-4-3-5-7-16/h3-7,15,17-20H,2,8-14H2,1H3. The third-order valence-corrected chi connectivity index (χ3v) is 6.22. The van der Waals surface area contributed by atoms with Crippen LogP contribution in [0.15, 0.2) is 30.3 Å². The van der Waals surface area contributed by atoms with Crippen molar-refractivity contribution in [2.45, 2.75) is 51.0 Å². The van der Waals surface area contributed by atoms with Gasteiger partial charge in [-0.15, -0.1) is 0 Å². The highest BCUT2D eigenvalue weighted by Crippen LogP contribution is 2.51. The topological polar surface area (TPSA) is 12.0 Å². The van der Waals surface area contributed by atoms with Crippen LogP contribution in [-0.4, -0.2) is 24.1 Å². The van der Waals surface area contributed by atoms with Crippen molar-refractivity contribution in [1.29, 1.82) is 0 Å². The summed E-state index contributed by atoms with van der Waals surface area (Å²) in [5.74, 6) is 5.44. The first kappa shape index (κ1) is 15.4. The van der Waals surface area contributed by atoms with Crippen molar-refractivity contribution in [1.82, 2.24) is 5.32 Å². The lowest BCUT2D eigenvalue weighted by Crippen LogP contribution is -2.35. The van der Waals surface area contributed by atoms with Gasteiger partial charge in [0.1, 0.15) is 0 Å². The fourth-order valence-electron chi connectivity index (χ4n) is 3.82. The molecule has 3 atom stereocenters. The van der Waals surface area contributed by atoms with E-state index in [2.05, 4.69) is 54.3 Å². The minimum atomic E-state index is 0.753.